The molecule has 5 heteroatoms. The highest BCUT2D eigenvalue weighted by Gasteiger charge is 2.18. The van der Waals surface area contributed by atoms with Gasteiger partial charge in [0.25, 0.3) is 5.89 Å². The minimum Gasteiger partial charge on any atom is -0.434 e. The first-order valence-corrected chi connectivity index (χ1v) is 8.40. The molecule has 3 aromatic carbocycles. The zero-order valence-corrected chi connectivity index (χ0v) is 13.6. The van der Waals surface area contributed by atoms with Gasteiger partial charge in [-0.1, -0.05) is 36.4 Å². The van der Waals surface area contributed by atoms with Gasteiger partial charge in [-0.3, -0.25) is 4.40 Å². The van der Waals surface area contributed by atoms with E-state index in [1.165, 1.54) is 0 Å². The highest BCUT2D eigenvalue weighted by Crippen LogP contribution is 2.30. The monoisotopic (exact) mass is 336 g/mol. The van der Waals surface area contributed by atoms with Crippen LogP contribution in [0, 0.1) is 0 Å². The lowest BCUT2D eigenvalue weighted by Crippen LogP contribution is -1.98. The van der Waals surface area contributed by atoms with Gasteiger partial charge >= 0.3 is 0 Å². The summed E-state index contributed by atoms with van der Waals surface area (Å²) in [6, 6.07) is 23.8. The molecule has 0 spiro atoms. The molecule has 0 amide bonds. The molecule has 0 aliphatic carbocycles. The number of fused-ring (bicyclic) bond motifs is 6. The van der Waals surface area contributed by atoms with E-state index >= 15 is 0 Å². The summed E-state index contributed by atoms with van der Waals surface area (Å²) in [7, 11) is 0. The number of benzene rings is 3. The van der Waals surface area contributed by atoms with E-state index in [1.807, 2.05) is 77.2 Å². The Labute approximate surface area is 147 Å². The maximum Gasteiger partial charge on any atom is 0.264 e. The summed E-state index contributed by atoms with van der Waals surface area (Å²) in [5.41, 5.74) is 5.19. The minimum atomic E-state index is 0.491. The van der Waals surface area contributed by atoms with E-state index in [1.54, 1.807) is 0 Å². The number of nitrogens with zero attached hydrogens (tertiary/aromatic N) is 4. The predicted octanol–water partition coefficient (Wildman–Crippen LogP) is 4.84. The Morgan fingerprint density at radius 1 is 0.654 bits per heavy atom. The number of aromatic nitrogens is 4. The van der Waals surface area contributed by atoms with Gasteiger partial charge in [0.2, 0.25) is 5.82 Å². The summed E-state index contributed by atoms with van der Waals surface area (Å²) >= 11 is 0. The van der Waals surface area contributed by atoms with Crippen molar-refractivity contribution in [2.24, 2.45) is 0 Å². The Balaban J connectivity index is 1.83. The van der Waals surface area contributed by atoms with Gasteiger partial charge in [0.05, 0.1) is 16.6 Å². The Hall–Kier alpha value is -3.73. The second-order valence-electron chi connectivity index (χ2n) is 6.20. The fraction of sp³-hybridized carbons (Fsp3) is 0. The van der Waals surface area contributed by atoms with Gasteiger partial charge in [0, 0.05) is 5.39 Å². The van der Waals surface area contributed by atoms with Crippen LogP contribution in [-0.2, 0) is 0 Å². The lowest BCUT2D eigenvalue weighted by molar-refractivity contribution is 0.612. The second-order valence-corrected chi connectivity index (χ2v) is 6.20. The number of hydrogen-bond donors (Lipinski definition) is 0. The van der Waals surface area contributed by atoms with Gasteiger partial charge in [0.1, 0.15) is 11.2 Å². The summed E-state index contributed by atoms with van der Waals surface area (Å²) in [4.78, 5) is 14.3. The molecule has 0 aliphatic rings. The van der Waals surface area contributed by atoms with Crippen LogP contribution in [0.5, 0.6) is 0 Å². The van der Waals surface area contributed by atoms with Crippen LogP contribution in [0.4, 0.5) is 0 Å². The second kappa shape index (κ2) is 4.89. The SMILES string of the molecule is c1ccc2oc(-c3nc4ccccc4c4nc5ccccc5n34)nc2c1. The van der Waals surface area contributed by atoms with Gasteiger partial charge in [-0.2, -0.15) is 0 Å². The number of rotatable bonds is 1. The Kier molecular flexibility index (Phi) is 2.55. The van der Waals surface area contributed by atoms with E-state index in [-0.39, 0.29) is 0 Å². The van der Waals surface area contributed by atoms with E-state index in [9.17, 15) is 0 Å². The molecule has 6 aromatic rings. The Bertz CT molecular complexity index is 1410. The van der Waals surface area contributed by atoms with Gasteiger partial charge < -0.3 is 4.42 Å². The van der Waals surface area contributed by atoms with E-state index in [0.29, 0.717) is 11.7 Å². The molecule has 3 heterocycles. The zero-order valence-electron chi connectivity index (χ0n) is 13.6. The molecule has 0 atom stereocenters. The Morgan fingerprint density at radius 3 is 2.27 bits per heavy atom. The van der Waals surface area contributed by atoms with Crippen molar-refractivity contribution >= 4 is 38.7 Å². The van der Waals surface area contributed by atoms with E-state index in [4.69, 9.17) is 14.4 Å². The van der Waals surface area contributed by atoms with E-state index in [0.717, 1.165) is 38.7 Å². The van der Waals surface area contributed by atoms with Gasteiger partial charge in [-0.05, 0) is 36.4 Å². The fourth-order valence-corrected chi connectivity index (χ4v) is 3.46. The van der Waals surface area contributed by atoms with Crippen LogP contribution in [0.2, 0.25) is 0 Å². The smallest absolute Gasteiger partial charge is 0.264 e. The number of imidazole rings is 1. The lowest BCUT2D eigenvalue weighted by Gasteiger charge is -2.05. The number of hydrogen-bond acceptors (Lipinski definition) is 4. The number of oxazole rings is 1. The van der Waals surface area contributed by atoms with Crippen molar-refractivity contribution in [3.63, 3.8) is 0 Å². The predicted molar refractivity (Wildman–Crippen MR) is 101 cm³/mol. The molecule has 122 valence electrons. The van der Waals surface area contributed by atoms with Crippen LogP contribution < -0.4 is 0 Å². The van der Waals surface area contributed by atoms with E-state index < -0.39 is 0 Å². The molecule has 0 fully saturated rings. The third kappa shape index (κ3) is 1.77. The lowest BCUT2D eigenvalue weighted by atomic mass is 10.2. The summed E-state index contributed by atoms with van der Waals surface area (Å²) in [5, 5.41) is 1.00. The first-order chi connectivity index (χ1) is 12.9. The van der Waals surface area contributed by atoms with Crippen molar-refractivity contribution in [1.82, 2.24) is 19.4 Å². The van der Waals surface area contributed by atoms with Crippen molar-refractivity contribution in [2.75, 3.05) is 0 Å². The average Bonchev–Trinajstić information content (AvgIpc) is 3.29. The molecule has 0 N–H and O–H groups in total. The largest absolute Gasteiger partial charge is 0.434 e. The van der Waals surface area contributed by atoms with Crippen LogP contribution in [0.25, 0.3) is 50.4 Å². The highest BCUT2D eigenvalue weighted by molar-refractivity contribution is 5.98. The van der Waals surface area contributed by atoms with Crippen molar-refractivity contribution in [3.05, 3.63) is 72.8 Å². The fourth-order valence-electron chi connectivity index (χ4n) is 3.46. The molecule has 0 bridgehead atoms. The maximum atomic E-state index is 6.01. The molecule has 6 rings (SSSR count). The van der Waals surface area contributed by atoms with Crippen LogP contribution in [0.3, 0.4) is 0 Å². The topological polar surface area (TPSA) is 56.2 Å². The van der Waals surface area contributed by atoms with Gasteiger partial charge in [-0.25, -0.2) is 15.0 Å². The maximum absolute atomic E-state index is 6.01. The van der Waals surface area contributed by atoms with Crippen molar-refractivity contribution in [3.8, 4) is 11.7 Å². The zero-order chi connectivity index (χ0) is 17.1. The molecule has 0 radical (unpaired) electrons. The first-order valence-electron chi connectivity index (χ1n) is 8.40. The molecular formula is C21H12N4O. The van der Waals surface area contributed by atoms with Crippen LogP contribution in [-0.4, -0.2) is 19.4 Å². The summed E-state index contributed by atoms with van der Waals surface area (Å²) in [5.74, 6) is 1.15. The van der Waals surface area contributed by atoms with Gasteiger partial charge in [0.15, 0.2) is 5.58 Å². The summed E-state index contributed by atoms with van der Waals surface area (Å²) < 4.78 is 8.04. The molecule has 5 nitrogen and oxygen atoms in total. The first kappa shape index (κ1) is 13.5. The van der Waals surface area contributed by atoms with Crippen molar-refractivity contribution in [2.45, 2.75) is 0 Å². The van der Waals surface area contributed by atoms with Gasteiger partial charge in [-0.15, -0.1) is 0 Å². The Morgan fingerprint density at radius 2 is 1.38 bits per heavy atom. The molecular weight excluding hydrogens is 324 g/mol. The standard InChI is InChI=1S/C21H12N4O/c1-2-8-14-13(7-1)19-23-15-9-3-5-11-17(15)25(19)20(22-14)21-24-16-10-4-6-12-18(16)26-21/h1-12H. The molecule has 0 aliphatic heterocycles. The quantitative estimate of drug-likeness (QED) is 0.431. The van der Waals surface area contributed by atoms with E-state index in [2.05, 4.69) is 4.98 Å². The average molecular weight is 336 g/mol. The highest BCUT2D eigenvalue weighted by atomic mass is 16.3. The summed E-state index contributed by atoms with van der Waals surface area (Å²) in [6.45, 7) is 0. The van der Waals surface area contributed by atoms with Crippen molar-refractivity contribution in [1.29, 1.82) is 0 Å². The molecule has 3 aromatic heterocycles. The molecule has 0 unspecified atom stereocenters. The van der Waals surface area contributed by atoms with Crippen LogP contribution in [0.1, 0.15) is 0 Å². The molecule has 0 saturated heterocycles. The third-order valence-electron chi connectivity index (χ3n) is 4.63. The normalized spacial score (nSPS) is 11.8. The third-order valence-corrected chi connectivity index (χ3v) is 4.63. The molecule has 0 saturated carbocycles. The summed E-state index contributed by atoms with van der Waals surface area (Å²) in [6.07, 6.45) is 0. The molecule has 26 heavy (non-hydrogen) atoms. The van der Waals surface area contributed by atoms with Crippen LogP contribution in [0.15, 0.2) is 77.2 Å². The van der Waals surface area contributed by atoms with Crippen molar-refractivity contribution < 1.29 is 4.42 Å². The number of para-hydroxylation sites is 5. The minimum absolute atomic E-state index is 0.491. The van der Waals surface area contributed by atoms with Crippen LogP contribution >= 0.6 is 0 Å².